The Labute approximate surface area is 45.1 Å². The van der Waals surface area contributed by atoms with Crippen LogP contribution in [0.3, 0.4) is 0 Å². The molecule has 0 unspecified atom stereocenters. The Balaban J connectivity index is 2.57. The lowest BCUT2D eigenvalue weighted by Crippen LogP contribution is -2.09. The third-order valence-corrected chi connectivity index (χ3v) is 0.599. The van der Waals surface area contributed by atoms with Crippen molar-refractivity contribution < 1.29 is 9.66 Å². The van der Waals surface area contributed by atoms with Gasteiger partial charge in [0, 0.05) is 4.92 Å². The van der Waals surface area contributed by atoms with Crippen molar-refractivity contribution in [3.05, 3.63) is 16.7 Å². The number of ether oxygens (including phenoxy) is 1. The molecule has 0 aliphatic carbocycles. The van der Waals surface area contributed by atoms with Crippen LogP contribution >= 0.6 is 0 Å². The van der Waals surface area contributed by atoms with Gasteiger partial charge in [0.05, 0.1) is 0 Å². The second-order valence-corrected chi connectivity index (χ2v) is 1.10. The molecule has 1 heterocycles. The van der Waals surface area contributed by atoms with Gasteiger partial charge in [0.25, 0.3) is 6.61 Å². The fraction of sp³-hybridized carbons (Fsp3) is 0.333. The van der Waals surface area contributed by atoms with Gasteiger partial charge in [-0.05, 0) is 4.99 Å². The van der Waals surface area contributed by atoms with Gasteiger partial charge in [-0.25, -0.2) is 0 Å². The third kappa shape index (κ3) is 0.749. The van der Waals surface area contributed by atoms with E-state index in [1.165, 1.54) is 0 Å². The van der Waals surface area contributed by atoms with Gasteiger partial charge in [0.15, 0.2) is 6.54 Å². The van der Waals surface area contributed by atoms with Crippen LogP contribution in [-0.4, -0.2) is 17.5 Å². The highest BCUT2D eigenvalue weighted by atomic mass is 16.7. The van der Waals surface area contributed by atoms with Crippen LogP contribution in [0.2, 0.25) is 0 Å². The Bertz CT molecular complexity index is 141. The summed E-state index contributed by atoms with van der Waals surface area (Å²) in [6.45, 7) is 2.37. The fourth-order valence-corrected chi connectivity index (χ4v) is 0.324. The van der Waals surface area contributed by atoms with Crippen LogP contribution in [0.4, 0.5) is 0 Å². The molecule has 0 N–H and O–H groups in total. The van der Waals surface area contributed by atoms with Crippen LogP contribution in [0.1, 0.15) is 0 Å². The first-order valence-electron chi connectivity index (χ1n) is 1.89. The molecular weight excluding hydrogens is 112 g/mol. The quantitative estimate of drug-likeness (QED) is 0.320. The van der Waals surface area contributed by atoms with Crippen LogP contribution in [-0.2, 0) is 4.74 Å². The largest absolute Gasteiger partial charge is 0.535 e. The molecule has 0 aromatic heterocycles. The summed E-state index contributed by atoms with van der Waals surface area (Å²) in [6.07, 6.45) is 0. The van der Waals surface area contributed by atoms with E-state index in [0.29, 0.717) is 0 Å². The van der Waals surface area contributed by atoms with E-state index in [1.54, 1.807) is 0 Å². The van der Waals surface area contributed by atoms with E-state index >= 15 is 0 Å². The molecule has 0 aromatic rings. The van der Waals surface area contributed by atoms with E-state index in [1.807, 2.05) is 0 Å². The van der Waals surface area contributed by atoms with Gasteiger partial charge in [-0.15, -0.1) is 0 Å². The number of hydrogen-bond donors (Lipinski definition) is 0. The molecule has 2 radical (unpaired) electrons. The lowest BCUT2D eigenvalue weighted by Gasteiger charge is -1.87. The highest BCUT2D eigenvalue weighted by Crippen LogP contribution is 1.97. The molecule has 0 fully saturated rings. The second kappa shape index (κ2) is 1.77. The molecule has 0 atom stereocenters. The number of nitrogens with zero attached hydrogens (tertiary/aromatic N) is 2. The molecule has 1 aliphatic rings. The number of aliphatic imine (C=N–C) groups is 1. The summed E-state index contributed by atoms with van der Waals surface area (Å²) in [7, 11) is 0. The first-order chi connectivity index (χ1) is 3.80. The van der Waals surface area contributed by atoms with E-state index in [0.717, 1.165) is 0 Å². The predicted octanol–water partition coefficient (Wildman–Crippen LogP) is -0.312. The number of rotatable bonds is 0. The zero-order valence-corrected chi connectivity index (χ0v) is 3.83. The standard InChI is InChI=1S/C3H2N2O3/c6-5(7)3-4-1-2-8-3/h1H2. The molecule has 42 valence electrons. The predicted molar refractivity (Wildman–Crippen MR) is 23.6 cm³/mol. The van der Waals surface area contributed by atoms with Gasteiger partial charge in [-0.1, -0.05) is 0 Å². The molecule has 8 heavy (non-hydrogen) atoms. The normalized spacial score (nSPS) is 17.2. The SMILES string of the molecule is O=[N+]([O-])C1=NC[C]O1. The molecular formula is C3H2N2O3. The summed E-state index contributed by atoms with van der Waals surface area (Å²) in [6, 6.07) is -0.468. The minimum absolute atomic E-state index is 0.163. The molecule has 1 aliphatic heterocycles. The van der Waals surface area contributed by atoms with Gasteiger partial charge in [-0.2, -0.15) is 0 Å². The van der Waals surface area contributed by atoms with Gasteiger partial charge in [0.2, 0.25) is 0 Å². The Hall–Kier alpha value is -1.13. The topological polar surface area (TPSA) is 64.7 Å². The minimum Gasteiger partial charge on any atom is -0.405 e. The summed E-state index contributed by atoms with van der Waals surface area (Å²) in [5, 5.41) is 9.71. The zero-order chi connectivity index (χ0) is 5.98. The monoisotopic (exact) mass is 114 g/mol. The van der Waals surface area contributed by atoms with Crippen LogP contribution in [0.5, 0.6) is 0 Å². The molecule has 0 amide bonds. The maximum atomic E-state index is 9.71. The number of nitro groups is 1. The summed E-state index contributed by atoms with van der Waals surface area (Å²) in [5.41, 5.74) is 0. The van der Waals surface area contributed by atoms with E-state index in [4.69, 9.17) is 0 Å². The second-order valence-electron chi connectivity index (χ2n) is 1.10. The maximum absolute atomic E-state index is 9.71. The van der Waals surface area contributed by atoms with Crippen LogP contribution in [0.15, 0.2) is 4.99 Å². The molecule has 5 nitrogen and oxygen atoms in total. The fourth-order valence-electron chi connectivity index (χ4n) is 0.324. The van der Waals surface area contributed by atoms with E-state index < -0.39 is 10.9 Å². The van der Waals surface area contributed by atoms with E-state index in [2.05, 4.69) is 16.3 Å². The number of amidine groups is 1. The van der Waals surface area contributed by atoms with Crippen molar-refractivity contribution >= 4 is 6.02 Å². The van der Waals surface area contributed by atoms with E-state index in [-0.39, 0.29) is 6.54 Å². The van der Waals surface area contributed by atoms with Crippen molar-refractivity contribution in [1.82, 2.24) is 0 Å². The Kier molecular flexibility index (Phi) is 1.11. The Morgan fingerprint density at radius 1 is 2.00 bits per heavy atom. The molecule has 0 saturated carbocycles. The molecule has 0 bridgehead atoms. The highest BCUT2D eigenvalue weighted by molar-refractivity contribution is 5.66. The van der Waals surface area contributed by atoms with Gasteiger partial charge >= 0.3 is 6.02 Å². The Morgan fingerprint density at radius 2 is 2.75 bits per heavy atom. The lowest BCUT2D eigenvalue weighted by molar-refractivity contribution is -0.370. The van der Waals surface area contributed by atoms with Crippen LogP contribution < -0.4 is 0 Å². The summed E-state index contributed by atoms with van der Waals surface area (Å²) in [5.74, 6) is 0. The van der Waals surface area contributed by atoms with E-state index in [9.17, 15) is 10.1 Å². The maximum Gasteiger partial charge on any atom is 0.535 e. The van der Waals surface area contributed by atoms with Crippen molar-refractivity contribution in [2.45, 2.75) is 0 Å². The molecule has 0 spiro atoms. The summed E-state index contributed by atoms with van der Waals surface area (Å²) in [4.78, 5) is 12.3. The lowest BCUT2D eigenvalue weighted by atomic mass is 10.8. The first-order valence-corrected chi connectivity index (χ1v) is 1.89. The van der Waals surface area contributed by atoms with Gasteiger partial charge < -0.3 is 14.9 Å². The average molecular weight is 114 g/mol. The van der Waals surface area contributed by atoms with Crippen molar-refractivity contribution in [3.8, 4) is 0 Å². The average Bonchev–Trinajstić information content (AvgIpc) is 2.12. The molecule has 0 saturated heterocycles. The molecule has 1 rings (SSSR count). The van der Waals surface area contributed by atoms with Crippen LogP contribution in [0, 0.1) is 16.7 Å². The zero-order valence-electron chi connectivity index (χ0n) is 3.83. The molecule has 0 aromatic carbocycles. The van der Waals surface area contributed by atoms with Crippen LogP contribution in [0.25, 0.3) is 0 Å². The van der Waals surface area contributed by atoms with Crippen molar-refractivity contribution in [1.29, 1.82) is 0 Å². The minimum atomic E-state index is -0.694. The van der Waals surface area contributed by atoms with Crippen molar-refractivity contribution in [2.75, 3.05) is 6.54 Å². The summed E-state index contributed by atoms with van der Waals surface area (Å²) < 4.78 is 4.22. The molecule has 5 heteroatoms. The van der Waals surface area contributed by atoms with Crippen molar-refractivity contribution in [2.24, 2.45) is 4.99 Å². The number of hydrogen-bond acceptors (Lipinski definition) is 4. The van der Waals surface area contributed by atoms with Gasteiger partial charge in [0.1, 0.15) is 0 Å². The third-order valence-electron chi connectivity index (χ3n) is 0.599. The first kappa shape index (κ1) is 5.02. The van der Waals surface area contributed by atoms with Crippen molar-refractivity contribution in [3.63, 3.8) is 0 Å². The van der Waals surface area contributed by atoms with Gasteiger partial charge in [-0.3, -0.25) is 0 Å². The smallest absolute Gasteiger partial charge is 0.405 e. The summed E-state index contributed by atoms with van der Waals surface area (Å²) >= 11 is 0. The highest BCUT2D eigenvalue weighted by Gasteiger charge is 2.20. The Morgan fingerprint density at radius 3 is 3.00 bits per heavy atom.